The largest absolute Gasteiger partial charge is 0.357 e. The minimum Gasteiger partial charge on any atom is -0.357 e. The first-order valence-electron chi connectivity index (χ1n) is 7.98. The highest BCUT2D eigenvalue weighted by Gasteiger charge is 2.23. The zero-order chi connectivity index (χ0) is 14.7. The van der Waals surface area contributed by atoms with Gasteiger partial charge in [0.15, 0.2) is 0 Å². The van der Waals surface area contributed by atoms with Gasteiger partial charge in [0.2, 0.25) is 0 Å². The van der Waals surface area contributed by atoms with E-state index in [4.69, 9.17) is 5.73 Å². The summed E-state index contributed by atoms with van der Waals surface area (Å²) in [5, 5.41) is 0. The molecule has 1 aromatic rings. The van der Waals surface area contributed by atoms with Gasteiger partial charge in [0.1, 0.15) is 5.82 Å². The molecule has 2 aliphatic heterocycles. The summed E-state index contributed by atoms with van der Waals surface area (Å²) in [5.74, 6) is 1.67. The Balaban J connectivity index is 1.62. The molecule has 21 heavy (non-hydrogen) atoms. The van der Waals surface area contributed by atoms with E-state index in [0.717, 1.165) is 51.4 Å². The standard InChI is InChI=1S/C16H24N4O/c17-11-13-5-9-20(10-6-13)16(21)14-3-4-15(18-12-14)19-7-1-2-8-19/h3-4,12-13H,1-2,5-11,17H2. The second-order valence-corrected chi connectivity index (χ2v) is 6.07. The molecule has 0 atom stereocenters. The van der Waals surface area contributed by atoms with Crippen molar-refractivity contribution >= 4 is 11.7 Å². The number of carbonyl (C=O) groups is 1. The summed E-state index contributed by atoms with van der Waals surface area (Å²) in [6, 6.07) is 3.89. The number of carbonyl (C=O) groups excluding carboxylic acids is 1. The second kappa shape index (κ2) is 6.43. The second-order valence-electron chi connectivity index (χ2n) is 6.07. The molecule has 2 saturated heterocycles. The summed E-state index contributed by atoms with van der Waals surface area (Å²) in [6.07, 6.45) is 6.23. The van der Waals surface area contributed by atoms with E-state index in [1.165, 1.54) is 12.8 Å². The van der Waals surface area contributed by atoms with Gasteiger partial charge in [-0.25, -0.2) is 4.98 Å². The normalized spacial score (nSPS) is 20.0. The number of hydrogen-bond acceptors (Lipinski definition) is 4. The van der Waals surface area contributed by atoms with Crippen molar-refractivity contribution < 1.29 is 4.79 Å². The van der Waals surface area contributed by atoms with Gasteiger partial charge in [-0.2, -0.15) is 0 Å². The van der Waals surface area contributed by atoms with Gasteiger partial charge in [0, 0.05) is 32.4 Å². The lowest BCUT2D eigenvalue weighted by atomic mass is 9.97. The van der Waals surface area contributed by atoms with Crippen LogP contribution in [-0.4, -0.2) is 48.5 Å². The quantitative estimate of drug-likeness (QED) is 0.915. The van der Waals surface area contributed by atoms with Gasteiger partial charge in [0.05, 0.1) is 5.56 Å². The monoisotopic (exact) mass is 288 g/mol. The average molecular weight is 288 g/mol. The number of piperidine rings is 1. The molecule has 1 aromatic heterocycles. The van der Waals surface area contributed by atoms with Gasteiger partial charge in [0.25, 0.3) is 5.91 Å². The number of nitrogens with zero attached hydrogens (tertiary/aromatic N) is 3. The Labute approximate surface area is 126 Å². The SMILES string of the molecule is NCC1CCN(C(=O)c2ccc(N3CCCC3)nc2)CC1. The minimum absolute atomic E-state index is 0.103. The summed E-state index contributed by atoms with van der Waals surface area (Å²) < 4.78 is 0. The zero-order valence-electron chi connectivity index (χ0n) is 12.5. The van der Waals surface area contributed by atoms with Crippen molar-refractivity contribution in [1.29, 1.82) is 0 Å². The van der Waals surface area contributed by atoms with Crippen LogP contribution in [0, 0.1) is 5.92 Å². The summed E-state index contributed by atoms with van der Waals surface area (Å²) in [4.78, 5) is 21.1. The van der Waals surface area contributed by atoms with Crippen LogP contribution < -0.4 is 10.6 Å². The first kappa shape index (κ1) is 14.3. The topological polar surface area (TPSA) is 62.5 Å². The van der Waals surface area contributed by atoms with Gasteiger partial charge in [-0.05, 0) is 50.3 Å². The lowest BCUT2D eigenvalue weighted by Gasteiger charge is -2.31. The number of amides is 1. The Morgan fingerprint density at radius 3 is 2.48 bits per heavy atom. The minimum atomic E-state index is 0.103. The molecule has 0 bridgehead atoms. The van der Waals surface area contributed by atoms with Crippen LogP contribution in [0.4, 0.5) is 5.82 Å². The van der Waals surface area contributed by atoms with E-state index < -0.39 is 0 Å². The van der Waals surface area contributed by atoms with Crippen molar-refractivity contribution in [3.8, 4) is 0 Å². The van der Waals surface area contributed by atoms with Gasteiger partial charge < -0.3 is 15.5 Å². The third kappa shape index (κ3) is 3.18. The van der Waals surface area contributed by atoms with Crippen molar-refractivity contribution in [2.45, 2.75) is 25.7 Å². The van der Waals surface area contributed by atoms with Crippen LogP contribution in [0.3, 0.4) is 0 Å². The van der Waals surface area contributed by atoms with Gasteiger partial charge in [-0.15, -0.1) is 0 Å². The first-order chi connectivity index (χ1) is 10.3. The summed E-state index contributed by atoms with van der Waals surface area (Å²) in [6.45, 7) is 4.51. The van der Waals surface area contributed by atoms with Crippen LogP contribution >= 0.6 is 0 Å². The molecule has 5 nitrogen and oxygen atoms in total. The molecule has 0 radical (unpaired) electrons. The Bertz CT molecular complexity index is 474. The van der Waals surface area contributed by atoms with E-state index >= 15 is 0 Å². The maximum atomic E-state index is 12.5. The van der Waals surface area contributed by atoms with E-state index in [9.17, 15) is 4.79 Å². The fourth-order valence-electron chi connectivity index (χ4n) is 3.20. The Hall–Kier alpha value is -1.62. The summed E-state index contributed by atoms with van der Waals surface area (Å²) >= 11 is 0. The average Bonchev–Trinajstić information content (AvgIpc) is 3.09. The number of hydrogen-bond donors (Lipinski definition) is 1. The zero-order valence-corrected chi connectivity index (χ0v) is 12.5. The Morgan fingerprint density at radius 2 is 1.90 bits per heavy atom. The molecule has 2 aliphatic rings. The lowest BCUT2D eigenvalue weighted by molar-refractivity contribution is 0.0693. The first-order valence-corrected chi connectivity index (χ1v) is 7.98. The van der Waals surface area contributed by atoms with Crippen LogP contribution in [0.2, 0.25) is 0 Å². The maximum absolute atomic E-state index is 12.5. The molecule has 114 valence electrons. The highest BCUT2D eigenvalue weighted by atomic mass is 16.2. The number of anilines is 1. The molecular weight excluding hydrogens is 264 g/mol. The molecule has 0 aromatic carbocycles. The molecule has 0 aliphatic carbocycles. The van der Waals surface area contributed by atoms with Crippen LogP contribution in [0.5, 0.6) is 0 Å². The predicted molar refractivity (Wildman–Crippen MR) is 83.4 cm³/mol. The molecule has 0 spiro atoms. The predicted octanol–water partition coefficient (Wildman–Crippen LogP) is 1.49. The molecule has 3 heterocycles. The number of nitrogens with two attached hydrogens (primary N) is 1. The molecule has 2 N–H and O–H groups in total. The third-order valence-electron chi connectivity index (χ3n) is 4.66. The van der Waals surface area contributed by atoms with Crippen LogP contribution in [0.1, 0.15) is 36.0 Å². The van der Waals surface area contributed by atoms with E-state index in [1.807, 2.05) is 17.0 Å². The van der Waals surface area contributed by atoms with Crippen LogP contribution in [-0.2, 0) is 0 Å². The van der Waals surface area contributed by atoms with E-state index in [1.54, 1.807) is 6.20 Å². The van der Waals surface area contributed by atoms with E-state index in [2.05, 4.69) is 9.88 Å². The molecule has 1 amide bonds. The number of likely N-dealkylation sites (tertiary alicyclic amines) is 1. The Morgan fingerprint density at radius 1 is 1.19 bits per heavy atom. The molecular formula is C16H24N4O. The van der Waals surface area contributed by atoms with E-state index in [-0.39, 0.29) is 5.91 Å². The highest BCUT2D eigenvalue weighted by Crippen LogP contribution is 2.20. The van der Waals surface area contributed by atoms with Crippen LogP contribution in [0.15, 0.2) is 18.3 Å². The van der Waals surface area contributed by atoms with Gasteiger partial charge in [-0.3, -0.25) is 4.79 Å². The number of aromatic nitrogens is 1. The molecule has 0 saturated carbocycles. The smallest absolute Gasteiger partial charge is 0.255 e. The van der Waals surface area contributed by atoms with Gasteiger partial charge >= 0.3 is 0 Å². The number of rotatable bonds is 3. The highest BCUT2D eigenvalue weighted by molar-refractivity contribution is 5.94. The summed E-state index contributed by atoms with van der Waals surface area (Å²) in [5.41, 5.74) is 6.39. The third-order valence-corrected chi connectivity index (χ3v) is 4.66. The van der Waals surface area contributed by atoms with Crippen molar-refractivity contribution in [2.24, 2.45) is 11.7 Å². The molecule has 0 unspecified atom stereocenters. The molecule has 2 fully saturated rings. The van der Waals surface area contributed by atoms with Crippen molar-refractivity contribution in [2.75, 3.05) is 37.6 Å². The molecule has 3 rings (SSSR count). The maximum Gasteiger partial charge on any atom is 0.255 e. The van der Waals surface area contributed by atoms with Crippen molar-refractivity contribution in [1.82, 2.24) is 9.88 Å². The lowest BCUT2D eigenvalue weighted by Crippen LogP contribution is -2.40. The summed E-state index contributed by atoms with van der Waals surface area (Å²) in [7, 11) is 0. The van der Waals surface area contributed by atoms with Crippen molar-refractivity contribution in [3.63, 3.8) is 0 Å². The Kier molecular flexibility index (Phi) is 4.39. The van der Waals surface area contributed by atoms with Gasteiger partial charge in [-0.1, -0.05) is 0 Å². The van der Waals surface area contributed by atoms with E-state index in [0.29, 0.717) is 11.5 Å². The number of pyridine rings is 1. The fraction of sp³-hybridized carbons (Fsp3) is 0.625. The molecule has 5 heteroatoms. The van der Waals surface area contributed by atoms with Crippen molar-refractivity contribution in [3.05, 3.63) is 23.9 Å². The fourth-order valence-corrected chi connectivity index (χ4v) is 3.20. The van der Waals surface area contributed by atoms with Crippen LogP contribution in [0.25, 0.3) is 0 Å².